The summed E-state index contributed by atoms with van der Waals surface area (Å²) >= 11 is 0. The van der Waals surface area contributed by atoms with Gasteiger partial charge in [0, 0.05) is 25.8 Å². The van der Waals surface area contributed by atoms with Crippen molar-refractivity contribution in [2.24, 2.45) is 5.73 Å². The van der Waals surface area contributed by atoms with Gasteiger partial charge in [0.25, 0.3) is 0 Å². The second-order valence-electron chi connectivity index (χ2n) is 3.93. The van der Waals surface area contributed by atoms with E-state index >= 15 is 0 Å². The number of hydrogen-bond acceptors (Lipinski definition) is 4. The molecular weight excluding hydrogens is 204 g/mol. The van der Waals surface area contributed by atoms with Gasteiger partial charge in [-0.1, -0.05) is 6.07 Å². The third-order valence-corrected chi connectivity index (χ3v) is 2.28. The molecule has 4 nitrogen and oxygen atoms in total. The van der Waals surface area contributed by atoms with Crippen molar-refractivity contribution in [2.45, 2.75) is 12.5 Å². The van der Waals surface area contributed by atoms with Gasteiger partial charge in [-0.3, -0.25) is 0 Å². The molecule has 1 rings (SSSR count). The monoisotopic (exact) mass is 224 g/mol. The molecule has 0 aliphatic rings. The SMILES string of the molecule is CN(C)c1cccc(OCC(O)CCN)c1. The highest BCUT2D eigenvalue weighted by Gasteiger charge is 2.04. The Morgan fingerprint density at radius 1 is 1.44 bits per heavy atom. The van der Waals surface area contributed by atoms with Crippen LogP contribution in [0.5, 0.6) is 5.75 Å². The first-order valence-corrected chi connectivity index (χ1v) is 5.42. The highest BCUT2D eigenvalue weighted by molar-refractivity contribution is 5.49. The molecule has 0 saturated heterocycles. The molecular formula is C12H20N2O2. The second-order valence-corrected chi connectivity index (χ2v) is 3.93. The van der Waals surface area contributed by atoms with Gasteiger partial charge in [-0.25, -0.2) is 0 Å². The van der Waals surface area contributed by atoms with Crippen LogP contribution in [0.15, 0.2) is 24.3 Å². The lowest BCUT2D eigenvalue weighted by Gasteiger charge is -2.15. The maximum Gasteiger partial charge on any atom is 0.121 e. The van der Waals surface area contributed by atoms with E-state index < -0.39 is 6.10 Å². The van der Waals surface area contributed by atoms with Crippen LogP contribution in [-0.4, -0.2) is 38.5 Å². The van der Waals surface area contributed by atoms with Crippen molar-refractivity contribution < 1.29 is 9.84 Å². The van der Waals surface area contributed by atoms with Crippen molar-refractivity contribution in [1.82, 2.24) is 0 Å². The van der Waals surface area contributed by atoms with Crippen molar-refractivity contribution in [3.63, 3.8) is 0 Å². The molecule has 90 valence electrons. The van der Waals surface area contributed by atoms with Gasteiger partial charge in [0.1, 0.15) is 12.4 Å². The number of anilines is 1. The zero-order valence-corrected chi connectivity index (χ0v) is 9.89. The van der Waals surface area contributed by atoms with Gasteiger partial charge in [-0.2, -0.15) is 0 Å². The fraction of sp³-hybridized carbons (Fsp3) is 0.500. The van der Waals surface area contributed by atoms with E-state index in [1.165, 1.54) is 0 Å². The third-order valence-electron chi connectivity index (χ3n) is 2.28. The molecule has 0 aromatic heterocycles. The lowest BCUT2D eigenvalue weighted by molar-refractivity contribution is 0.102. The summed E-state index contributed by atoms with van der Waals surface area (Å²) in [6, 6.07) is 7.75. The molecule has 0 aliphatic carbocycles. The standard InChI is InChI=1S/C12H20N2O2/c1-14(2)10-4-3-5-12(8-10)16-9-11(15)6-7-13/h3-5,8,11,15H,6-7,9,13H2,1-2H3. The van der Waals surface area contributed by atoms with E-state index in [-0.39, 0.29) is 6.61 Å². The molecule has 0 radical (unpaired) electrons. The average molecular weight is 224 g/mol. The van der Waals surface area contributed by atoms with Crippen molar-refractivity contribution in [2.75, 3.05) is 32.1 Å². The Morgan fingerprint density at radius 2 is 2.19 bits per heavy atom. The van der Waals surface area contributed by atoms with Crippen LogP contribution in [0.2, 0.25) is 0 Å². The number of rotatable bonds is 6. The summed E-state index contributed by atoms with van der Waals surface area (Å²) in [5.41, 5.74) is 6.41. The Hall–Kier alpha value is -1.26. The fourth-order valence-electron chi connectivity index (χ4n) is 1.32. The molecule has 0 amide bonds. The molecule has 1 unspecified atom stereocenters. The lowest BCUT2D eigenvalue weighted by atomic mass is 10.2. The summed E-state index contributed by atoms with van der Waals surface area (Å²) in [6.45, 7) is 0.760. The van der Waals surface area contributed by atoms with Gasteiger partial charge in [0.2, 0.25) is 0 Å². The Labute approximate surface area is 96.6 Å². The van der Waals surface area contributed by atoms with Gasteiger partial charge in [-0.05, 0) is 25.1 Å². The Kier molecular flexibility index (Phi) is 5.08. The summed E-state index contributed by atoms with van der Waals surface area (Å²) in [4.78, 5) is 2.00. The first-order valence-electron chi connectivity index (χ1n) is 5.42. The van der Waals surface area contributed by atoms with Crippen LogP contribution in [0.3, 0.4) is 0 Å². The van der Waals surface area contributed by atoms with E-state index in [0.29, 0.717) is 13.0 Å². The minimum atomic E-state index is -0.493. The smallest absolute Gasteiger partial charge is 0.121 e. The minimum absolute atomic E-state index is 0.286. The first-order chi connectivity index (χ1) is 7.63. The molecule has 3 N–H and O–H groups in total. The number of ether oxygens (including phenoxy) is 1. The number of benzene rings is 1. The minimum Gasteiger partial charge on any atom is -0.491 e. The van der Waals surface area contributed by atoms with Crippen LogP contribution in [0.25, 0.3) is 0 Å². The van der Waals surface area contributed by atoms with Crippen LogP contribution >= 0.6 is 0 Å². The van der Waals surface area contributed by atoms with Crippen LogP contribution in [0.4, 0.5) is 5.69 Å². The molecule has 0 fully saturated rings. The summed E-state index contributed by atoms with van der Waals surface area (Å²) in [6.07, 6.45) is 0.0703. The maximum atomic E-state index is 9.47. The summed E-state index contributed by atoms with van der Waals surface area (Å²) in [5, 5.41) is 9.47. The number of aliphatic hydroxyl groups is 1. The molecule has 1 aromatic carbocycles. The largest absolute Gasteiger partial charge is 0.491 e. The number of nitrogens with two attached hydrogens (primary N) is 1. The Balaban J connectivity index is 2.50. The predicted molar refractivity (Wildman–Crippen MR) is 65.9 cm³/mol. The summed E-state index contributed by atoms with van der Waals surface area (Å²) in [7, 11) is 3.95. The lowest BCUT2D eigenvalue weighted by Crippen LogP contribution is -2.21. The molecule has 4 heteroatoms. The maximum absolute atomic E-state index is 9.47. The first kappa shape index (κ1) is 12.8. The van der Waals surface area contributed by atoms with Crippen molar-refractivity contribution in [3.8, 4) is 5.75 Å². The summed E-state index contributed by atoms with van der Waals surface area (Å²) < 4.78 is 5.48. The van der Waals surface area contributed by atoms with Gasteiger partial charge in [-0.15, -0.1) is 0 Å². The number of aliphatic hydroxyl groups excluding tert-OH is 1. The normalized spacial score (nSPS) is 12.2. The summed E-state index contributed by atoms with van der Waals surface area (Å²) in [5.74, 6) is 0.766. The topological polar surface area (TPSA) is 58.7 Å². The van der Waals surface area contributed by atoms with E-state index in [2.05, 4.69) is 0 Å². The van der Waals surface area contributed by atoms with Crippen LogP contribution in [-0.2, 0) is 0 Å². The molecule has 0 heterocycles. The quantitative estimate of drug-likeness (QED) is 0.752. The molecule has 1 aromatic rings. The molecule has 0 spiro atoms. The van der Waals surface area contributed by atoms with Gasteiger partial charge < -0.3 is 20.5 Å². The Bertz CT molecular complexity index is 316. The van der Waals surface area contributed by atoms with Gasteiger partial charge in [0.05, 0.1) is 6.10 Å². The molecule has 0 saturated carbocycles. The second kappa shape index (κ2) is 6.35. The van der Waals surface area contributed by atoms with Crippen LogP contribution < -0.4 is 15.4 Å². The van der Waals surface area contributed by atoms with Gasteiger partial charge >= 0.3 is 0 Å². The van der Waals surface area contributed by atoms with E-state index in [1.807, 2.05) is 43.3 Å². The predicted octanol–water partition coefficient (Wildman–Crippen LogP) is 0.841. The fourth-order valence-corrected chi connectivity index (χ4v) is 1.32. The zero-order valence-electron chi connectivity index (χ0n) is 9.89. The number of hydrogen-bond donors (Lipinski definition) is 2. The highest BCUT2D eigenvalue weighted by Crippen LogP contribution is 2.19. The number of nitrogens with zero attached hydrogens (tertiary/aromatic N) is 1. The van der Waals surface area contributed by atoms with E-state index in [0.717, 1.165) is 11.4 Å². The van der Waals surface area contributed by atoms with Crippen molar-refractivity contribution in [1.29, 1.82) is 0 Å². The van der Waals surface area contributed by atoms with Crippen molar-refractivity contribution in [3.05, 3.63) is 24.3 Å². The third kappa shape index (κ3) is 4.08. The van der Waals surface area contributed by atoms with Crippen molar-refractivity contribution >= 4 is 5.69 Å². The van der Waals surface area contributed by atoms with E-state index in [9.17, 15) is 5.11 Å². The van der Waals surface area contributed by atoms with Crippen LogP contribution in [0, 0.1) is 0 Å². The Morgan fingerprint density at radius 3 is 2.81 bits per heavy atom. The average Bonchev–Trinajstić information content (AvgIpc) is 2.27. The highest BCUT2D eigenvalue weighted by atomic mass is 16.5. The van der Waals surface area contributed by atoms with E-state index in [4.69, 9.17) is 10.5 Å². The van der Waals surface area contributed by atoms with Gasteiger partial charge in [0.15, 0.2) is 0 Å². The molecule has 0 bridgehead atoms. The zero-order chi connectivity index (χ0) is 12.0. The van der Waals surface area contributed by atoms with Crippen LogP contribution in [0.1, 0.15) is 6.42 Å². The molecule has 0 aliphatic heterocycles. The van der Waals surface area contributed by atoms with E-state index in [1.54, 1.807) is 0 Å². The molecule has 16 heavy (non-hydrogen) atoms. The molecule has 1 atom stereocenters.